The standard InChI is InChI=1S/C30H33FN6O3S/c1-18-10-11-21-24(16-23(19-6-3-7-19)26(31)27(21)37-41(2,38)39)28(18)40-29-22(9-5-14-33-29)25-12-15-34-30(36-25)35-20-8-4-13-32-17-20/h5,9-12,14-16,19-20,32,37H,3-4,6-8,13,17H2,1-2H3,(H,34,35,36)/t20-/m0/s1. The first kappa shape index (κ1) is 27.3. The molecule has 1 aliphatic heterocycles. The van der Waals surface area contributed by atoms with Crippen LogP contribution in [0.4, 0.5) is 16.0 Å². The Morgan fingerprint density at radius 3 is 2.63 bits per heavy atom. The number of rotatable bonds is 8. The first-order chi connectivity index (χ1) is 19.8. The van der Waals surface area contributed by atoms with Gasteiger partial charge in [0.05, 0.1) is 23.2 Å². The number of ether oxygens (including phenoxy) is 1. The highest BCUT2D eigenvalue weighted by atomic mass is 32.2. The molecule has 214 valence electrons. The van der Waals surface area contributed by atoms with E-state index in [1.165, 1.54) is 0 Å². The number of aryl methyl sites for hydroxylation is 1. The number of pyridine rings is 1. The van der Waals surface area contributed by atoms with Crippen LogP contribution in [0, 0.1) is 12.7 Å². The molecule has 9 nitrogen and oxygen atoms in total. The van der Waals surface area contributed by atoms with Crippen molar-refractivity contribution in [2.75, 3.05) is 29.4 Å². The van der Waals surface area contributed by atoms with E-state index in [-0.39, 0.29) is 17.6 Å². The number of hydrogen-bond acceptors (Lipinski definition) is 8. The summed E-state index contributed by atoms with van der Waals surface area (Å²) in [5.74, 6) is 0.851. The molecule has 11 heteroatoms. The van der Waals surface area contributed by atoms with Gasteiger partial charge in [0.15, 0.2) is 5.82 Å². The lowest BCUT2D eigenvalue weighted by atomic mass is 9.79. The predicted octanol–water partition coefficient (Wildman–Crippen LogP) is 5.73. The number of nitrogens with zero attached hydrogens (tertiary/aromatic N) is 3. The Balaban J connectivity index is 1.42. The van der Waals surface area contributed by atoms with E-state index < -0.39 is 15.8 Å². The van der Waals surface area contributed by atoms with Crippen molar-refractivity contribution in [2.24, 2.45) is 0 Å². The molecular formula is C30H33FN6O3S. The van der Waals surface area contributed by atoms with Gasteiger partial charge in [0, 0.05) is 35.8 Å². The number of benzene rings is 2. The van der Waals surface area contributed by atoms with Gasteiger partial charge in [0.2, 0.25) is 21.9 Å². The summed E-state index contributed by atoms with van der Waals surface area (Å²) < 4.78 is 49.1. The molecular weight excluding hydrogens is 543 g/mol. The second-order valence-electron chi connectivity index (χ2n) is 10.9. The van der Waals surface area contributed by atoms with Crippen LogP contribution < -0.4 is 20.1 Å². The lowest BCUT2D eigenvalue weighted by Gasteiger charge is -2.28. The first-order valence-electron chi connectivity index (χ1n) is 13.9. The van der Waals surface area contributed by atoms with Crippen molar-refractivity contribution in [3.63, 3.8) is 0 Å². The average molecular weight is 577 g/mol. The molecule has 2 aliphatic rings. The molecule has 2 aromatic carbocycles. The fourth-order valence-electron chi connectivity index (χ4n) is 5.49. The van der Waals surface area contributed by atoms with Gasteiger partial charge in [-0.3, -0.25) is 4.72 Å². The highest BCUT2D eigenvalue weighted by molar-refractivity contribution is 7.92. The molecule has 6 rings (SSSR count). The number of fused-ring (bicyclic) bond motifs is 1. The molecule has 0 amide bonds. The minimum atomic E-state index is -3.73. The number of piperidine rings is 1. The van der Waals surface area contributed by atoms with Crippen LogP contribution in [0.5, 0.6) is 11.6 Å². The highest BCUT2D eigenvalue weighted by Gasteiger charge is 2.28. The number of nitrogens with one attached hydrogen (secondary N) is 3. The molecule has 0 spiro atoms. The van der Waals surface area contributed by atoms with Crippen LogP contribution in [-0.4, -0.2) is 48.8 Å². The maximum atomic E-state index is 15.8. The Labute approximate surface area is 239 Å². The van der Waals surface area contributed by atoms with Crippen LogP contribution in [0.15, 0.2) is 48.8 Å². The number of anilines is 2. The number of halogens is 1. The summed E-state index contributed by atoms with van der Waals surface area (Å²) in [5, 5.41) is 7.84. The summed E-state index contributed by atoms with van der Waals surface area (Å²) in [4.78, 5) is 13.7. The Morgan fingerprint density at radius 1 is 1.05 bits per heavy atom. The molecule has 2 fully saturated rings. The number of hydrogen-bond donors (Lipinski definition) is 3. The van der Waals surface area contributed by atoms with Crippen molar-refractivity contribution < 1.29 is 17.5 Å². The predicted molar refractivity (Wildman–Crippen MR) is 159 cm³/mol. The quantitative estimate of drug-likeness (QED) is 0.243. The topological polar surface area (TPSA) is 118 Å². The maximum Gasteiger partial charge on any atom is 0.229 e. The third-order valence-corrected chi connectivity index (χ3v) is 8.37. The van der Waals surface area contributed by atoms with E-state index in [1.807, 2.05) is 25.1 Å². The summed E-state index contributed by atoms with van der Waals surface area (Å²) in [7, 11) is -3.73. The SMILES string of the molecule is Cc1ccc2c(NS(C)(=O)=O)c(F)c(C3CCC3)cc2c1Oc1ncccc1-c1ccnc(N[C@H]2CCCNC2)n1. The zero-order chi connectivity index (χ0) is 28.6. The summed E-state index contributed by atoms with van der Waals surface area (Å²) in [5.41, 5.74) is 2.57. The maximum absolute atomic E-state index is 15.8. The van der Waals surface area contributed by atoms with Crippen LogP contribution in [0.1, 0.15) is 49.1 Å². The van der Waals surface area contributed by atoms with E-state index in [2.05, 4.69) is 25.3 Å². The van der Waals surface area contributed by atoms with Gasteiger partial charge in [0.1, 0.15) is 5.75 Å². The van der Waals surface area contributed by atoms with Crippen molar-refractivity contribution >= 4 is 32.4 Å². The molecule has 41 heavy (non-hydrogen) atoms. The second-order valence-corrected chi connectivity index (χ2v) is 12.6. The van der Waals surface area contributed by atoms with E-state index >= 15 is 4.39 Å². The Morgan fingerprint density at radius 2 is 1.90 bits per heavy atom. The molecule has 3 heterocycles. The van der Waals surface area contributed by atoms with Gasteiger partial charge >= 0.3 is 0 Å². The molecule has 2 aromatic heterocycles. The first-order valence-corrected chi connectivity index (χ1v) is 15.8. The molecule has 0 bridgehead atoms. The Bertz CT molecular complexity index is 1700. The van der Waals surface area contributed by atoms with Crippen molar-refractivity contribution in [1.82, 2.24) is 20.3 Å². The van der Waals surface area contributed by atoms with Crippen LogP contribution in [-0.2, 0) is 10.0 Å². The fourth-order valence-corrected chi connectivity index (χ4v) is 6.06. The van der Waals surface area contributed by atoms with Crippen LogP contribution in [0.25, 0.3) is 22.0 Å². The minimum absolute atomic E-state index is 0.0320. The second kappa shape index (κ2) is 11.2. The molecule has 4 aromatic rings. The van der Waals surface area contributed by atoms with Gasteiger partial charge in [-0.05, 0) is 80.5 Å². The van der Waals surface area contributed by atoms with Crippen molar-refractivity contribution in [1.29, 1.82) is 0 Å². The lowest BCUT2D eigenvalue weighted by molar-refractivity contribution is 0.405. The van der Waals surface area contributed by atoms with Gasteiger partial charge in [-0.25, -0.2) is 27.8 Å². The third-order valence-electron chi connectivity index (χ3n) is 7.80. The largest absolute Gasteiger partial charge is 0.437 e. The molecule has 1 aliphatic carbocycles. The lowest BCUT2D eigenvalue weighted by Crippen LogP contribution is -2.38. The average Bonchev–Trinajstić information content (AvgIpc) is 2.92. The summed E-state index contributed by atoms with van der Waals surface area (Å²) in [6.07, 6.45) is 9.23. The van der Waals surface area contributed by atoms with Gasteiger partial charge < -0.3 is 15.4 Å². The van der Waals surface area contributed by atoms with Crippen molar-refractivity contribution in [3.8, 4) is 22.9 Å². The Hall–Kier alpha value is -3.83. The van der Waals surface area contributed by atoms with E-state index in [1.54, 1.807) is 30.6 Å². The molecule has 1 saturated heterocycles. The molecule has 3 N–H and O–H groups in total. The molecule has 0 unspecified atom stereocenters. The van der Waals surface area contributed by atoms with Crippen LogP contribution >= 0.6 is 0 Å². The fraction of sp³-hybridized carbons (Fsp3) is 0.367. The summed E-state index contributed by atoms with van der Waals surface area (Å²) in [6, 6.07) is 11.1. The van der Waals surface area contributed by atoms with Crippen molar-refractivity contribution in [2.45, 2.75) is 51.0 Å². The van der Waals surface area contributed by atoms with Gasteiger partial charge in [-0.1, -0.05) is 18.6 Å². The minimum Gasteiger partial charge on any atom is -0.437 e. The smallest absolute Gasteiger partial charge is 0.229 e. The summed E-state index contributed by atoms with van der Waals surface area (Å²) >= 11 is 0. The van der Waals surface area contributed by atoms with E-state index in [4.69, 9.17) is 9.72 Å². The van der Waals surface area contributed by atoms with Gasteiger partial charge in [0.25, 0.3) is 0 Å². The van der Waals surface area contributed by atoms with Crippen LogP contribution in [0.3, 0.4) is 0 Å². The molecule has 1 saturated carbocycles. The zero-order valence-corrected chi connectivity index (χ0v) is 23.9. The third kappa shape index (κ3) is 5.82. The number of aromatic nitrogens is 3. The van der Waals surface area contributed by atoms with E-state index in [0.29, 0.717) is 45.2 Å². The molecule has 1 atom stereocenters. The van der Waals surface area contributed by atoms with E-state index in [9.17, 15) is 8.42 Å². The number of sulfonamides is 1. The summed E-state index contributed by atoms with van der Waals surface area (Å²) in [6.45, 7) is 3.77. The highest BCUT2D eigenvalue weighted by Crippen LogP contribution is 2.45. The van der Waals surface area contributed by atoms with Crippen molar-refractivity contribution in [3.05, 3.63) is 65.7 Å². The van der Waals surface area contributed by atoms with Gasteiger partial charge in [-0.15, -0.1) is 0 Å². The molecule has 0 radical (unpaired) electrons. The van der Waals surface area contributed by atoms with Gasteiger partial charge in [-0.2, -0.15) is 0 Å². The monoisotopic (exact) mass is 576 g/mol. The van der Waals surface area contributed by atoms with Crippen LogP contribution in [0.2, 0.25) is 0 Å². The Kier molecular flexibility index (Phi) is 7.48. The van der Waals surface area contributed by atoms with E-state index in [0.717, 1.165) is 57.0 Å². The zero-order valence-electron chi connectivity index (χ0n) is 23.1. The normalized spacial score (nSPS) is 17.7.